The third-order valence-electron chi connectivity index (χ3n) is 3.97. The minimum Gasteiger partial charge on any atom is -0.388 e. The molecule has 2 aromatic carbocycles. The Morgan fingerprint density at radius 1 is 1.14 bits per heavy atom. The van der Waals surface area contributed by atoms with Crippen LogP contribution in [-0.2, 0) is 0 Å². The zero-order chi connectivity index (χ0) is 15.4. The molecule has 0 aliphatic heterocycles. The van der Waals surface area contributed by atoms with E-state index in [4.69, 9.17) is 11.6 Å². The van der Waals surface area contributed by atoms with Crippen molar-refractivity contribution in [2.75, 3.05) is 11.9 Å². The van der Waals surface area contributed by atoms with Crippen molar-refractivity contribution >= 4 is 17.3 Å². The van der Waals surface area contributed by atoms with E-state index in [0.717, 1.165) is 21.8 Å². The molecule has 0 saturated heterocycles. The van der Waals surface area contributed by atoms with E-state index in [1.807, 2.05) is 50.4 Å². The van der Waals surface area contributed by atoms with Crippen molar-refractivity contribution < 1.29 is 5.11 Å². The Kier molecular flexibility index (Phi) is 5.27. The number of anilines is 1. The second-order valence-electron chi connectivity index (χ2n) is 5.32. The van der Waals surface area contributed by atoms with Crippen LogP contribution in [0, 0.1) is 0 Å². The fraction of sp³-hybridized carbons (Fsp3) is 0.333. The predicted octanol–water partition coefficient (Wildman–Crippen LogP) is 4.98. The van der Waals surface area contributed by atoms with Gasteiger partial charge in [-0.05, 0) is 37.1 Å². The van der Waals surface area contributed by atoms with Gasteiger partial charge < -0.3 is 10.0 Å². The highest BCUT2D eigenvalue weighted by Gasteiger charge is 2.18. The van der Waals surface area contributed by atoms with Crippen LogP contribution in [-0.4, -0.2) is 12.2 Å². The number of hydrogen-bond donors (Lipinski definition) is 1. The van der Waals surface area contributed by atoms with Gasteiger partial charge in [0, 0.05) is 23.3 Å². The molecule has 1 N–H and O–H groups in total. The molecule has 0 radical (unpaired) electrons. The normalized spacial score (nSPS) is 13.8. The maximum absolute atomic E-state index is 10.2. The van der Waals surface area contributed by atoms with Crippen LogP contribution in [0.15, 0.2) is 48.5 Å². The molecule has 0 saturated carbocycles. The fourth-order valence-corrected chi connectivity index (χ4v) is 2.71. The van der Waals surface area contributed by atoms with E-state index in [1.54, 1.807) is 0 Å². The Morgan fingerprint density at radius 3 is 2.52 bits per heavy atom. The number of aliphatic hydroxyl groups is 1. The van der Waals surface area contributed by atoms with E-state index in [9.17, 15) is 5.11 Å². The van der Waals surface area contributed by atoms with Crippen molar-refractivity contribution in [2.24, 2.45) is 0 Å². The summed E-state index contributed by atoms with van der Waals surface area (Å²) < 4.78 is 0. The van der Waals surface area contributed by atoms with Crippen molar-refractivity contribution in [1.82, 2.24) is 0 Å². The highest BCUT2D eigenvalue weighted by Crippen LogP contribution is 2.33. The molecule has 2 atom stereocenters. The zero-order valence-electron chi connectivity index (χ0n) is 12.8. The van der Waals surface area contributed by atoms with Crippen LogP contribution in [0.5, 0.6) is 0 Å². The summed E-state index contributed by atoms with van der Waals surface area (Å²) in [6.07, 6.45) is 0.270. The van der Waals surface area contributed by atoms with Gasteiger partial charge in [-0.1, -0.05) is 48.9 Å². The summed E-state index contributed by atoms with van der Waals surface area (Å²) in [6.45, 7) is 4.13. The maximum atomic E-state index is 10.2. The van der Waals surface area contributed by atoms with Crippen molar-refractivity contribution in [3.8, 4) is 0 Å². The molecule has 2 unspecified atom stereocenters. The molecule has 0 bridgehead atoms. The van der Waals surface area contributed by atoms with Gasteiger partial charge in [0.15, 0.2) is 0 Å². The molecule has 0 fully saturated rings. The van der Waals surface area contributed by atoms with Crippen LogP contribution in [0.2, 0.25) is 5.02 Å². The molecule has 2 aromatic rings. The van der Waals surface area contributed by atoms with Gasteiger partial charge in [0.05, 0.1) is 12.1 Å². The summed E-state index contributed by atoms with van der Waals surface area (Å²) in [4.78, 5) is 2.18. The third kappa shape index (κ3) is 3.58. The molecule has 0 aromatic heterocycles. The van der Waals surface area contributed by atoms with Gasteiger partial charge in [0.25, 0.3) is 0 Å². The Bertz CT molecular complexity index is 599. The fourth-order valence-electron chi connectivity index (χ4n) is 2.51. The summed E-state index contributed by atoms with van der Waals surface area (Å²) in [7, 11) is 2.05. The lowest BCUT2D eigenvalue weighted by atomic mass is 10.0. The van der Waals surface area contributed by atoms with Gasteiger partial charge in [0.2, 0.25) is 0 Å². The highest BCUT2D eigenvalue weighted by atomic mass is 35.5. The minimum absolute atomic E-state index is 0.175. The number of hydrogen-bond acceptors (Lipinski definition) is 2. The molecule has 2 nitrogen and oxygen atoms in total. The van der Waals surface area contributed by atoms with Gasteiger partial charge in [-0.2, -0.15) is 0 Å². The van der Waals surface area contributed by atoms with Crippen molar-refractivity contribution in [3.63, 3.8) is 0 Å². The third-order valence-corrected chi connectivity index (χ3v) is 4.21. The largest absolute Gasteiger partial charge is 0.388 e. The van der Waals surface area contributed by atoms with Gasteiger partial charge in [-0.3, -0.25) is 0 Å². The number of rotatable bonds is 5. The summed E-state index contributed by atoms with van der Waals surface area (Å²) in [5.74, 6) is 0. The molecular formula is C18H22ClNO. The smallest absolute Gasteiger partial charge is 0.0807 e. The lowest BCUT2D eigenvalue weighted by Gasteiger charge is -2.30. The lowest BCUT2D eigenvalue weighted by Crippen LogP contribution is -2.23. The number of aliphatic hydroxyl groups excluding tert-OH is 1. The maximum Gasteiger partial charge on any atom is 0.0807 e. The molecule has 21 heavy (non-hydrogen) atoms. The van der Waals surface area contributed by atoms with E-state index in [-0.39, 0.29) is 6.04 Å². The van der Waals surface area contributed by atoms with E-state index < -0.39 is 6.10 Å². The SMILES string of the molecule is CCC(O)c1ccccc1N(C)C(C)c1cccc(Cl)c1. The van der Waals surface area contributed by atoms with Crippen LogP contribution in [0.3, 0.4) is 0 Å². The van der Waals surface area contributed by atoms with Crippen molar-refractivity contribution in [2.45, 2.75) is 32.4 Å². The van der Waals surface area contributed by atoms with Gasteiger partial charge in [-0.15, -0.1) is 0 Å². The molecule has 0 aliphatic rings. The van der Waals surface area contributed by atoms with Crippen LogP contribution in [0.25, 0.3) is 0 Å². The standard InChI is InChI=1S/C18H22ClNO/c1-4-18(21)16-10-5-6-11-17(16)20(3)13(2)14-8-7-9-15(19)12-14/h5-13,18,21H,4H2,1-3H3. The average molecular weight is 304 g/mol. The number of benzene rings is 2. The highest BCUT2D eigenvalue weighted by molar-refractivity contribution is 6.30. The molecule has 3 heteroatoms. The molecular weight excluding hydrogens is 282 g/mol. The minimum atomic E-state index is -0.435. The topological polar surface area (TPSA) is 23.5 Å². The van der Waals surface area contributed by atoms with Gasteiger partial charge in [0.1, 0.15) is 0 Å². The van der Waals surface area contributed by atoms with E-state index in [2.05, 4.69) is 24.0 Å². The van der Waals surface area contributed by atoms with E-state index in [1.165, 1.54) is 0 Å². The van der Waals surface area contributed by atoms with Crippen LogP contribution in [0.1, 0.15) is 43.5 Å². The first-order valence-corrected chi connectivity index (χ1v) is 7.67. The Balaban J connectivity index is 2.33. The second-order valence-corrected chi connectivity index (χ2v) is 5.76. The summed E-state index contributed by atoms with van der Waals surface area (Å²) >= 11 is 6.09. The number of para-hydroxylation sites is 1. The average Bonchev–Trinajstić information content (AvgIpc) is 2.52. The predicted molar refractivity (Wildman–Crippen MR) is 90.0 cm³/mol. The van der Waals surface area contributed by atoms with Crippen LogP contribution < -0.4 is 4.90 Å². The summed E-state index contributed by atoms with van der Waals surface area (Å²) in [5, 5.41) is 11.0. The monoisotopic (exact) mass is 303 g/mol. The Hall–Kier alpha value is -1.51. The number of halogens is 1. The zero-order valence-corrected chi connectivity index (χ0v) is 13.5. The van der Waals surface area contributed by atoms with Crippen molar-refractivity contribution in [1.29, 1.82) is 0 Å². The second kappa shape index (κ2) is 6.97. The van der Waals surface area contributed by atoms with E-state index in [0.29, 0.717) is 6.42 Å². The molecule has 0 aliphatic carbocycles. The number of nitrogens with zero attached hydrogens (tertiary/aromatic N) is 1. The molecule has 0 amide bonds. The molecule has 0 heterocycles. The first-order valence-electron chi connectivity index (χ1n) is 7.29. The lowest BCUT2D eigenvalue weighted by molar-refractivity contribution is 0.174. The Labute approximate surface area is 132 Å². The summed E-state index contributed by atoms with van der Waals surface area (Å²) in [6, 6.07) is 16.1. The first kappa shape index (κ1) is 15.9. The summed E-state index contributed by atoms with van der Waals surface area (Å²) in [5.41, 5.74) is 3.18. The molecule has 2 rings (SSSR count). The first-order chi connectivity index (χ1) is 10.0. The van der Waals surface area contributed by atoms with Crippen molar-refractivity contribution in [3.05, 3.63) is 64.7 Å². The van der Waals surface area contributed by atoms with Crippen LogP contribution >= 0.6 is 11.6 Å². The van der Waals surface area contributed by atoms with Gasteiger partial charge >= 0.3 is 0 Å². The van der Waals surface area contributed by atoms with E-state index >= 15 is 0 Å². The van der Waals surface area contributed by atoms with Gasteiger partial charge in [-0.25, -0.2) is 0 Å². The quantitative estimate of drug-likeness (QED) is 0.842. The Morgan fingerprint density at radius 2 is 1.86 bits per heavy atom. The molecule has 112 valence electrons. The van der Waals surface area contributed by atoms with Crippen LogP contribution in [0.4, 0.5) is 5.69 Å². The molecule has 0 spiro atoms.